The summed E-state index contributed by atoms with van der Waals surface area (Å²) in [5, 5.41) is 5.47. The summed E-state index contributed by atoms with van der Waals surface area (Å²) in [6.45, 7) is 5.93. The topological polar surface area (TPSA) is 93.7 Å². The highest BCUT2D eigenvalue weighted by atomic mass is 16.5. The summed E-state index contributed by atoms with van der Waals surface area (Å²) < 4.78 is 10.4. The lowest BCUT2D eigenvalue weighted by Gasteiger charge is -2.21. The van der Waals surface area contributed by atoms with Crippen molar-refractivity contribution in [1.29, 1.82) is 0 Å². The van der Waals surface area contributed by atoms with E-state index in [1.165, 1.54) is 5.56 Å². The Morgan fingerprint density at radius 3 is 2.22 bits per heavy atom. The number of methoxy groups -OCH3 is 1. The summed E-state index contributed by atoms with van der Waals surface area (Å²) in [7, 11) is 1.55. The van der Waals surface area contributed by atoms with Gasteiger partial charge in [-0.3, -0.25) is 9.59 Å². The first-order chi connectivity index (χ1) is 15.3. The van der Waals surface area contributed by atoms with Gasteiger partial charge >= 0.3 is 5.97 Å². The molecule has 0 saturated heterocycles. The second-order valence-corrected chi connectivity index (χ2v) is 7.93. The van der Waals surface area contributed by atoms with E-state index in [0.717, 1.165) is 5.56 Å². The van der Waals surface area contributed by atoms with Crippen molar-refractivity contribution in [2.75, 3.05) is 20.3 Å². The number of nitrogens with one attached hydrogen (secondary N) is 2. The maximum absolute atomic E-state index is 12.5. The number of aryl methyl sites for hydroxylation is 2. The molecule has 0 radical (unpaired) electrons. The third-order valence-electron chi connectivity index (χ3n) is 4.99. The quantitative estimate of drug-likeness (QED) is 0.414. The molecule has 7 heteroatoms. The van der Waals surface area contributed by atoms with Crippen LogP contribution in [0.4, 0.5) is 0 Å². The average molecular weight is 441 g/mol. The fraction of sp³-hybridized carbons (Fsp3) is 0.400. The minimum atomic E-state index is -0.790. The van der Waals surface area contributed by atoms with Gasteiger partial charge in [0.1, 0.15) is 18.4 Å². The van der Waals surface area contributed by atoms with E-state index >= 15 is 0 Å². The predicted octanol–water partition coefficient (Wildman–Crippen LogP) is 3.05. The second kappa shape index (κ2) is 12.5. The SMILES string of the molecule is COc1ccc(C(=O)NC(C(=O)OCCNC(=O)CCc2ccc(C)cc2)C(C)C)cc1. The van der Waals surface area contributed by atoms with Crippen LogP contribution in [-0.2, 0) is 20.7 Å². The molecule has 0 aliphatic heterocycles. The Morgan fingerprint density at radius 1 is 0.969 bits per heavy atom. The van der Waals surface area contributed by atoms with Crippen LogP contribution in [0.1, 0.15) is 41.8 Å². The molecule has 0 bridgehead atoms. The third kappa shape index (κ3) is 8.06. The lowest BCUT2D eigenvalue weighted by Crippen LogP contribution is -2.45. The highest BCUT2D eigenvalue weighted by molar-refractivity contribution is 5.96. The molecule has 7 nitrogen and oxygen atoms in total. The fourth-order valence-corrected chi connectivity index (χ4v) is 3.00. The van der Waals surface area contributed by atoms with Crippen molar-refractivity contribution in [2.24, 2.45) is 5.92 Å². The van der Waals surface area contributed by atoms with Crippen LogP contribution < -0.4 is 15.4 Å². The van der Waals surface area contributed by atoms with Crippen molar-refractivity contribution in [2.45, 2.75) is 39.7 Å². The Labute approximate surface area is 189 Å². The zero-order chi connectivity index (χ0) is 23.5. The summed E-state index contributed by atoms with van der Waals surface area (Å²) in [6, 6.07) is 13.9. The molecule has 1 unspecified atom stereocenters. The summed E-state index contributed by atoms with van der Waals surface area (Å²) >= 11 is 0. The van der Waals surface area contributed by atoms with E-state index in [4.69, 9.17) is 9.47 Å². The molecule has 0 aromatic heterocycles. The second-order valence-electron chi connectivity index (χ2n) is 7.93. The molecule has 0 heterocycles. The van der Waals surface area contributed by atoms with Crippen molar-refractivity contribution < 1.29 is 23.9 Å². The van der Waals surface area contributed by atoms with Crippen LogP contribution in [0.15, 0.2) is 48.5 Å². The van der Waals surface area contributed by atoms with E-state index in [-0.39, 0.29) is 30.9 Å². The van der Waals surface area contributed by atoms with Gasteiger partial charge in [0.05, 0.1) is 13.7 Å². The zero-order valence-electron chi connectivity index (χ0n) is 19.1. The van der Waals surface area contributed by atoms with E-state index in [1.807, 2.05) is 45.0 Å². The van der Waals surface area contributed by atoms with Crippen LogP contribution >= 0.6 is 0 Å². The van der Waals surface area contributed by atoms with Crippen molar-refractivity contribution in [3.05, 3.63) is 65.2 Å². The van der Waals surface area contributed by atoms with Crippen LogP contribution in [-0.4, -0.2) is 44.1 Å². The lowest BCUT2D eigenvalue weighted by molar-refractivity contribution is -0.147. The van der Waals surface area contributed by atoms with Crippen molar-refractivity contribution >= 4 is 17.8 Å². The average Bonchev–Trinajstić information content (AvgIpc) is 2.79. The number of esters is 1. The first kappa shape index (κ1) is 24.9. The Balaban J connectivity index is 1.74. The Hall–Kier alpha value is -3.35. The number of hydrogen-bond acceptors (Lipinski definition) is 5. The highest BCUT2D eigenvalue weighted by Gasteiger charge is 2.26. The van der Waals surface area contributed by atoms with Crippen LogP contribution in [0.3, 0.4) is 0 Å². The molecule has 0 aliphatic rings. The Morgan fingerprint density at radius 2 is 1.62 bits per heavy atom. The van der Waals surface area contributed by atoms with Gasteiger partial charge < -0.3 is 20.1 Å². The summed E-state index contributed by atoms with van der Waals surface area (Å²) in [6.07, 6.45) is 1.02. The molecular formula is C25H32N2O5. The van der Waals surface area contributed by atoms with Gasteiger partial charge in [-0.1, -0.05) is 43.7 Å². The van der Waals surface area contributed by atoms with E-state index < -0.39 is 12.0 Å². The Bertz CT molecular complexity index is 892. The van der Waals surface area contributed by atoms with E-state index in [9.17, 15) is 14.4 Å². The number of carbonyl (C=O) groups is 3. The normalized spacial score (nSPS) is 11.5. The predicted molar refractivity (Wildman–Crippen MR) is 123 cm³/mol. The molecule has 0 saturated carbocycles. The van der Waals surface area contributed by atoms with Gasteiger partial charge in [0.15, 0.2) is 0 Å². The van der Waals surface area contributed by atoms with Crippen LogP contribution in [0.25, 0.3) is 0 Å². The number of carbonyl (C=O) groups excluding carboxylic acids is 3. The van der Waals surface area contributed by atoms with E-state index in [1.54, 1.807) is 31.4 Å². The van der Waals surface area contributed by atoms with Gasteiger partial charge in [-0.2, -0.15) is 0 Å². The van der Waals surface area contributed by atoms with E-state index in [2.05, 4.69) is 10.6 Å². The number of hydrogen-bond donors (Lipinski definition) is 2. The van der Waals surface area contributed by atoms with E-state index in [0.29, 0.717) is 24.2 Å². The molecule has 1 atom stereocenters. The molecule has 0 fully saturated rings. The van der Waals surface area contributed by atoms with Crippen molar-refractivity contribution in [1.82, 2.24) is 10.6 Å². The molecule has 172 valence electrons. The molecule has 2 N–H and O–H groups in total. The van der Waals surface area contributed by atoms with Gasteiger partial charge in [-0.25, -0.2) is 4.79 Å². The molecule has 2 rings (SSSR count). The molecule has 32 heavy (non-hydrogen) atoms. The molecule has 2 amide bonds. The molecule has 0 aliphatic carbocycles. The monoisotopic (exact) mass is 440 g/mol. The molecular weight excluding hydrogens is 408 g/mol. The van der Waals surface area contributed by atoms with Gasteiger partial charge in [0.25, 0.3) is 5.91 Å². The first-order valence-electron chi connectivity index (χ1n) is 10.7. The summed E-state index contributed by atoms with van der Waals surface area (Å²) in [4.78, 5) is 36.9. The van der Waals surface area contributed by atoms with Gasteiger partial charge in [0, 0.05) is 12.0 Å². The minimum Gasteiger partial charge on any atom is -0.497 e. The standard InChI is InChI=1S/C25H32N2O5/c1-17(2)23(27-24(29)20-10-12-21(31-4)13-11-20)25(30)32-16-15-26-22(28)14-9-19-7-5-18(3)6-8-19/h5-8,10-13,17,23H,9,14-16H2,1-4H3,(H,26,28)(H,27,29). The van der Waals surface area contributed by atoms with Gasteiger partial charge in [0.2, 0.25) is 5.91 Å². The number of benzene rings is 2. The minimum absolute atomic E-state index is 0.0384. The maximum Gasteiger partial charge on any atom is 0.328 e. The first-order valence-corrected chi connectivity index (χ1v) is 10.7. The van der Waals surface area contributed by atoms with Gasteiger partial charge in [-0.15, -0.1) is 0 Å². The van der Waals surface area contributed by atoms with Crippen LogP contribution in [0.5, 0.6) is 5.75 Å². The molecule has 2 aromatic carbocycles. The van der Waals surface area contributed by atoms with Crippen LogP contribution in [0, 0.1) is 12.8 Å². The summed E-state index contributed by atoms with van der Waals surface area (Å²) in [5.74, 6) is -0.519. The third-order valence-corrected chi connectivity index (χ3v) is 4.99. The number of ether oxygens (including phenoxy) is 2. The van der Waals surface area contributed by atoms with Gasteiger partial charge in [-0.05, 0) is 49.1 Å². The molecule has 0 spiro atoms. The van der Waals surface area contributed by atoms with Crippen LogP contribution in [0.2, 0.25) is 0 Å². The molecule has 2 aromatic rings. The lowest BCUT2D eigenvalue weighted by atomic mass is 10.0. The number of rotatable bonds is 11. The largest absolute Gasteiger partial charge is 0.497 e. The Kier molecular flexibility index (Phi) is 9.73. The maximum atomic E-state index is 12.5. The summed E-state index contributed by atoms with van der Waals surface area (Å²) in [5.41, 5.74) is 2.70. The smallest absolute Gasteiger partial charge is 0.328 e. The fourth-order valence-electron chi connectivity index (χ4n) is 3.00. The highest BCUT2D eigenvalue weighted by Crippen LogP contribution is 2.12. The van der Waals surface area contributed by atoms with Crippen molar-refractivity contribution in [3.63, 3.8) is 0 Å². The zero-order valence-corrected chi connectivity index (χ0v) is 19.1. The number of amides is 2. The van der Waals surface area contributed by atoms with Crippen molar-refractivity contribution in [3.8, 4) is 5.75 Å².